The van der Waals surface area contributed by atoms with E-state index in [2.05, 4.69) is 14.7 Å². The molecule has 0 aliphatic carbocycles. The van der Waals surface area contributed by atoms with Crippen LogP contribution in [0.3, 0.4) is 0 Å². The van der Waals surface area contributed by atoms with Gasteiger partial charge >= 0.3 is 0 Å². The van der Waals surface area contributed by atoms with Crippen LogP contribution in [0, 0.1) is 11.3 Å². The largest absolute Gasteiger partial charge is 0.337 e. The van der Waals surface area contributed by atoms with Crippen LogP contribution >= 0.6 is 0 Å². The minimum atomic E-state index is 0.0236. The second-order valence-corrected chi connectivity index (χ2v) is 1.33. The molecule has 5 heteroatoms. The molecule has 1 heterocycles. The lowest BCUT2D eigenvalue weighted by Crippen LogP contribution is -1.95. The molecule has 0 amide bonds. The molecule has 0 aromatic carbocycles. The van der Waals surface area contributed by atoms with Crippen LogP contribution in [0.4, 0.5) is 0 Å². The predicted molar refractivity (Wildman–Crippen MR) is 26.9 cm³/mol. The molecule has 0 aliphatic rings. The van der Waals surface area contributed by atoms with Gasteiger partial charge in [0.2, 0.25) is 5.89 Å². The standard InChI is InChI=1S/C4H4N4O/c5-1-3-7-4(2-6)9-8-3/h2,6H2. The van der Waals surface area contributed by atoms with Crippen LogP contribution in [0.2, 0.25) is 0 Å². The molecule has 1 aromatic heterocycles. The van der Waals surface area contributed by atoms with Gasteiger partial charge in [0.1, 0.15) is 6.07 Å². The highest BCUT2D eigenvalue weighted by Crippen LogP contribution is 1.91. The summed E-state index contributed by atoms with van der Waals surface area (Å²) in [6.45, 7) is 0.175. The summed E-state index contributed by atoms with van der Waals surface area (Å²) < 4.78 is 4.50. The third-order valence-electron chi connectivity index (χ3n) is 0.743. The maximum absolute atomic E-state index is 8.17. The first-order chi connectivity index (χ1) is 4.36. The summed E-state index contributed by atoms with van der Waals surface area (Å²) in [4.78, 5) is 3.58. The first-order valence-corrected chi connectivity index (χ1v) is 2.29. The average Bonchev–Trinajstić information content (AvgIpc) is 2.34. The van der Waals surface area contributed by atoms with Crippen molar-refractivity contribution < 1.29 is 4.52 Å². The van der Waals surface area contributed by atoms with Crippen molar-refractivity contribution in [2.45, 2.75) is 6.54 Å². The lowest BCUT2D eigenvalue weighted by atomic mass is 10.6. The summed E-state index contributed by atoms with van der Waals surface area (Å²) >= 11 is 0. The van der Waals surface area contributed by atoms with Crippen molar-refractivity contribution in [3.05, 3.63) is 11.7 Å². The van der Waals surface area contributed by atoms with Crippen LogP contribution in [-0.4, -0.2) is 10.1 Å². The van der Waals surface area contributed by atoms with Gasteiger partial charge in [-0.15, -0.1) is 0 Å². The molecule has 0 atom stereocenters. The summed E-state index contributed by atoms with van der Waals surface area (Å²) in [5, 5.41) is 11.4. The Labute approximate surface area is 51.1 Å². The first kappa shape index (κ1) is 5.72. The van der Waals surface area contributed by atoms with E-state index in [1.807, 2.05) is 0 Å². The Morgan fingerprint density at radius 2 is 2.56 bits per heavy atom. The fourth-order valence-corrected chi connectivity index (χ4v) is 0.383. The van der Waals surface area contributed by atoms with Gasteiger partial charge in [-0.3, -0.25) is 0 Å². The number of nitrogens with zero attached hydrogens (tertiary/aromatic N) is 3. The van der Waals surface area contributed by atoms with Crippen LogP contribution in [-0.2, 0) is 6.54 Å². The van der Waals surface area contributed by atoms with E-state index in [-0.39, 0.29) is 18.3 Å². The highest BCUT2D eigenvalue weighted by molar-refractivity contribution is 5.05. The van der Waals surface area contributed by atoms with E-state index in [1.165, 1.54) is 0 Å². The SMILES string of the molecule is N#Cc1noc(CN)n1. The first-order valence-electron chi connectivity index (χ1n) is 2.29. The second kappa shape index (κ2) is 2.24. The van der Waals surface area contributed by atoms with Crippen LogP contribution in [0.25, 0.3) is 0 Å². The Morgan fingerprint density at radius 3 is 2.89 bits per heavy atom. The summed E-state index contributed by atoms with van der Waals surface area (Å²) in [6.07, 6.45) is 0. The number of hydrogen-bond donors (Lipinski definition) is 1. The van der Waals surface area contributed by atoms with E-state index in [1.54, 1.807) is 6.07 Å². The van der Waals surface area contributed by atoms with E-state index in [9.17, 15) is 0 Å². The van der Waals surface area contributed by atoms with E-state index >= 15 is 0 Å². The van der Waals surface area contributed by atoms with Crippen molar-refractivity contribution in [1.29, 1.82) is 5.26 Å². The van der Waals surface area contributed by atoms with Crippen molar-refractivity contribution >= 4 is 0 Å². The minimum absolute atomic E-state index is 0.0236. The highest BCUT2D eigenvalue weighted by Gasteiger charge is 2.00. The van der Waals surface area contributed by atoms with Crippen molar-refractivity contribution in [2.75, 3.05) is 0 Å². The lowest BCUT2D eigenvalue weighted by molar-refractivity contribution is 0.378. The smallest absolute Gasteiger partial charge is 0.273 e. The van der Waals surface area contributed by atoms with Crippen molar-refractivity contribution in [1.82, 2.24) is 10.1 Å². The summed E-state index contributed by atoms with van der Waals surface area (Å²) in [6, 6.07) is 1.71. The molecule has 0 saturated heterocycles. The number of nitriles is 1. The Kier molecular flexibility index (Phi) is 1.42. The van der Waals surface area contributed by atoms with Gasteiger partial charge in [-0.05, 0) is 5.16 Å². The van der Waals surface area contributed by atoms with Gasteiger partial charge in [-0.2, -0.15) is 10.2 Å². The van der Waals surface area contributed by atoms with Gasteiger partial charge in [-0.25, -0.2) is 0 Å². The summed E-state index contributed by atoms with van der Waals surface area (Å²) in [5.41, 5.74) is 5.11. The zero-order valence-corrected chi connectivity index (χ0v) is 4.53. The second-order valence-electron chi connectivity index (χ2n) is 1.33. The van der Waals surface area contributed by atoms with E-state index < -0.39 is 0 Å². The van der Waals surface area contributed by atoms with Gasteiger partial charge in [0, 0.05) is 0 Å². The molecule has 0 aliphatic heterocycles. The maximum Gasteiger partial charge on any atom is 0.273 e. The molecule has 46 valence electrons. The van der Waals surface area contributed by atoms with Crippen molar-refractivity contribution in [2.24, 2.45) is 5.73 Å². The van der Waals surface area contributed by atoms with Gasteiger partial charge in [0.05, 0.1) is 6.54 Å². The molecule has 0 saturated carbocycles. The number of rotatable bonds is 1. The summed E-state index contributed by atoms with van der Waals surface area (Å²) in [7, 11) is 0. The third-order valence-corrected chi connectivity index (χ3v) is 0.743. The van der Waals surface area contributed by atoms with E-state index in [0.717, 1.165) is 0 Å². The maximum atomic E-state index is 8.17. The zero-order chi connectivity index (χ0) is 6.69. The molecular formula is C4H4N4O. The zero-order valence-electron chi connectivity index (χ0n) is 4.53. The van der Waals surface area contributed by atoms with Crippen LogP contribution < -0.4 is 5.73 Å². The van der Waals surface area contributed by atoms with Crippen LogP contribution in [0.1, 0.15) is 11.7 Å². The molecule has 5 nitrogen and oxygen atoms in total. The molecule has 0 fully saturated rings. The Bertz CT molecular complexity index is 235. The number of hydrogen-bond acceptors (Lipinski definition) is 5. The van der Waals surface area contributed by atoms with Crippen molar-refractivity contribution in [3.8, 4) is 6.07 Å². The third kappa shape index (κ3) is 1.03. The highest BCUT2D eigenvalue weighted by atomic mass is 16.5. The molecular weight excluding hydrogens is 120 g/mol. The van der Waals surface area contributed by atoms with Crippen LogP contribution in [0.5, 0.6) is 0 Å². The molecule has 1 aromatic rings. The lowest BCUT2D eigenvalue weighted by Gasteiger charge is -1.75. The van der Waals surface area contributed by atoms with E-state index in [0.29, 0.717) is 0 Å². The van der Waals surface area contributed by atoms with Crippen molar-refractivity contribution in [3.63, 3.8) is 0 Å². The molecule has 0 spiro atoms. The van der Waals surface area contributed by atoms with Gasteiger partial charge < -0.3 is 10.3 Å². The fourth-order valence-electron chi connectivity index (χ4n) is 0.383. The van der Waals surface area contributed by atoms with E-state index in [4.69, 9.17) is 11.0 Å². The Balaban J connectivity index is 2.90. The molecule has 9 heavy (non-hydrogen) atoms. The fraction of sp³-hybridized carbons (Fsp3) is 0.250. The topological polar surface area (TPSA) is 88.7 Å². The normalized spacial score (nSPS) is 8.89. The number of nitrogens with two attached hydrogens (primary N) is 1. The molecule has 0 unspecified atom stereocenters. The molecule has 1 rings (SSSR count). The van der Waals surface area contributed by atoms with Gasteiger partial charge in [0.25, 0.3) is 5.82 Å². The average molecular weight is 124 g/mol. The monoisotopic (exact) mass is 124 g/mol. The summed E-state index contributed by atoms with van der Waals surface area (Å²) in [5.74, 6) is 0.307. The molecule has 0 radical (unpaired) electrons. The van der Waals surface area contributed by atoms with Gasteiger partial charge in [-0.1, -0.05) is 0 Å². The minimum Gasteiger partial charge on any atom is -0.337 e. The Morgan fingerprint density at radius 1 is 1.78 bits per heavy atom. The van der Waals surface area contributed by atoms with Gasteiger partial charge in [0.15, 0.2) is 0 Å². The predicted octanol–water partition coefficient (Wildman–Crippen LogP) is -0.600. The molecule has 0 bridgehead atoms. The number of aromatic nitrogens is 2. The molecule has 2 N–H and O–H groups in total. The quantitative estimate of drug-likeness (QED) is 0.540. The van der Waals surface area contributed by atoms with Crippen LogP contribution in [0.15, 0.2) is 4.52 Å². The Hall–Kier alpha value is -1.41.